The molecule has 1 spiro atoms. The summed E-state index contributed by atoms with van der Waals surface area (Å²) in [5.74, 6) is 0.434. The van der Waals surface area contributed by atoms with E-state index in [0.717, 1.165) is 61.5 Å². The molecule has 2 saturated heterocycles. The minimum Gasteiger partial charge on any atom is -0.479 e. The SMILES string of the molecule is COc1ncc(-c2ccccn2)c2sc(NC(=O)N3CCC4(CCOCC4)C3)nc12. The molecule has 2 aliphatic heterocycles. The fourth-order valence-corrected chi connectivity index (χ4v) is 5.25. The monoisotopic (exact) mass is 425 g/mol. The van der Waals surface area contributed by atoms with Crippen molar-refractivity contribution in [2.24, 2.45) is 5.41 Å². The molecular weight excluding hydrogens is 402 g/mol. The zero-order valence-electron chi connectivity index (χ0n) is 16.8. The summed E-state index contributed by atoms with van der Waals surface area (Å²) in [6.45, 7) is 3.12. The van der Waals surface area contributed by atoms with E-state index in [0.29, 0.717) is 16.5 Å². The van der Waals surface area contributed by atoms with Crippen LogP contribution in [0.4, 0.5) is 9.93 Å². The molecule has 0 radical (unpaired) electrons. The predicted molar refractivity (Wildman–Crippen MR) is 115 cm³/mol. The van der Waals surface area contributed by atoms with Crippen LogP contribution in [0, 0.1) is 5.41 Å². The Morgan fingerprint density at radius 1 is 1.27 bits per heavy atom. The molecule has 8 nitrogen and oxygen atoms in total. The average Bonchev–Trinajstić information content (AvgIpc) is 3.38. The molecular formula is C21H23N5O3S. The molecule has 2 amide bonds. The van der Waals surface area contributed by atoms with Gasteiger partial charge < -0.3 is 14.4 Å². The van der Waals surface area contributed by atoms with Gasteiger partial charge in [0, 0.05) is 44.3 Å². The Morgan fingerprint density at radius 2 is 2.13 bits per heavy atom. The summed E-state index contributed by atoms with van der Waals surface area (Å²) in [6, 6.07) is 5.63. The van der Waals surface area contributed by atoms with Gasteiger partial charge in [-0.3, -0.25) is 10.3 Å². The molecule has 9 heteroatoms. The van der Waals surface area contributed by atoms with Crippen molar-refractivity contribution >= 4 is 32.7 Å². The molecule has 2 fully saturated rings. The first-order valence-electron chi connectivity index (χ1n) is 10.1. The molecule has 0 aromatic carbocycles. The Morgan fingerprint density at radius 3 is 2.90 bits per heavy atom. The van der Waals surface area contributed by atoms with Crippen molar-refractivity contribution in [3.8, 4) is 17.1 Å². The molecule has 5 heterocycles. The number of hydrogen-bond donors (Lipinski definition) is 1. The topological polar surface area (TPSA) is 89.5 Å². The molecule has 3 aromatic heterocycles. The molecule has 156 valence electrons. The highest BCUT2D eigenvalue weighted by molar-refractivity contribution is 7.23. The van der Waals surface area contributed by atoms with E-state index in [4.69, 9.17) is 9.47 Å². The molecule has 0 atom stereocenters. The molecule has 0 unspecified atom stereocenters. The van der Waals surface area contributed by atoms with Crippen LogP contribution < -0.4 is 10.1 Å². The number of nitrogens with zero attached hydrogens (tertiary/aromatic N) is 4. The normalized spacial score (nSPS) is 18.1. The maximum absolute atomic E-state index is 12.9. The number of ether oxygens (including phenoxy) is 2. The lowest BCUT2D eigenvalue weighted by atomic mass is 9.80. The van der Waals surface area contributed by atoms with Crippen LogP contribution in [-0.2, 0) is 4.74 Å². The van der Waals surface area contributed by atoms with Gasteiger partial charge in [0.2, 0.25) is 5.88 Å². The van der Waals surface area contributed by atoms with Gasteiger partial charge in [0.15, 0.2) is 5.13 Å². The zero-order valence-corrected chi connectivity index (χ0v) is 17.6. The second-order valence-corrected chi connectivity index (χ2v) is 8.81. The molecule has 1 N–H and O–H groups in total. The van der Waals surface area contributed by atoms with Crippen molar-refractivity contribution in [3.63, 3.8) is 0 Å². The second-order valence-electron chi connectivity index (χ2n) is 7.81. The summed E-state index contributed by atoms with van der Waals surface area (Å²) in [5, 5.41) is 3.52. The first kappa shape index (κ1) is 19.2. The summed E-state index contributed by atoms with van der Waals surface area (Å²) in [5.41, 5.74) is 2.51. The van der Waals surface area contributed by atoms with Gasteiger partial charge in [0.25, 0.3) is 0 Å². The number of thiazole rings is 1. The number of nitrogens with one attached hydrogen (secondary N) is 1. The van der Waals surface area contributed by atoms with Crippen LogP contribution in [0.1, 0.15) is 19.3 Å². The van der Waals surface area contributed by atoms with Gasteiger partial charge in [-0.2, -0.15) is 0 Å². The van der Waals surface area contributed by atoms with E-state index in [1.165, 1.54) is 11.3 Å². The molecule has 0 aliphatic carbocycles. The lowest BCUT2D eigenvalue weighted by Gasteiger charge is -2.33. The number of anilines is 1. The number of likely N-dealkylation sites (tertiary alicyclic amines) is 1. The fourth-order valence-electron chi connectivity index (χ4n) is 4.29. The lowest BCUT2D eigenvalue weighted by Crippen LogP contribution is -2.37. The first-order chi connectivity index (χ1) is 14.7. The number of aromatic nitrogens is 3. The van der Waals surface area contributed by atoms with Crippen molar-refractivity contribution in [2.75, 3.05) is 38.7 Å². The highest BCUT2D eigenvalue weighted by atomic mass is 32.1. The molecule has 0 bridgehead atoms. The van der Waals surface area contributed by atoms with Crippen LogP contribution in [0.3, 0.4) is 0 Å². The summed E-state index contributed by atoms with van der Waals surface area (Å²) in [7, 11) is 1.57. The number of pyridine rings is 2. The number of carbonyl (C=O) groups excluding carboxylic acids is 1. The number of carbonyl (C=O) groups is 1. The van der Waals surface area contributed by atoms with Crippen LogP contribution in [0.25, 0.3) is 21.5 Å². The third-order valence-corrected chi connectivity index (χ3v) is 7.02. The number of fused-ring (bicyclic) bond motifs is 1. The van der Waals surface area contributed by atoms with Crippen molar-refractivity contribution in [1.82, 2.24) is 19.9 Å². The minimum atomic E-state index is -0.108. The Labute approximate surface area is 178 Å². The smallest absolute Gasteiger partial charge is 0.323 e. The van der Waals surface area contributed by atoms with E-state index in [1.54, 1.807) is 19.5 Å². The maximum Gasteiger partial charge on any atom is 0.323 e. The standard InChI is InChI=1S/C21H23N5O3S/c1-28-18-16-17(14(12-23-18)15-4-2-3-8-22-15)30-19(24-16)25-20(27)26-9-5-21(13-26)6-10-29-11-7-21/h2-4,8,12H,5-7,9-11,13H2,1H3,(H,24,25,27). The van der Waals surface area contributed by atoms with Gasteiger partial charge in [-0.15, -0.1) is 0 Å². The Kier molecular flexibility index (Phi) is 5.00. The van der Waals surface area contributed by atoms with Gasteiger partial charge in [-0.1, -0.05) is 17.4 Å². The summed E-state index contributed by atoms with van der Waals surface area (Å²) in [6.07, 6.45) is 6.56. The van der Waals surface area contributed by atoms with E-state index in [1.807, 2.05) is 23.1 Å². The Hall–Kier alpha value is -2.78. The third kappa shape index (κ3) is 3.48. The molecule has 5 rings (SSSR count). The number of amides is 2. The fraction of sp³-hybridized carbons (Fsp3) is 0.429. The van der Waals surface area contributed by atoms with E-state index < -0.39 is 0 Å². The summed E-state index contributed by atoms with van der Waals surface area (Å²) >= 11 is 1.41. The quantitative estimate of drug-likeness (QED) is 0.687. The van der Waals surface area contributed by atoms with Crippen molar-refractivity contribution in [1.29, 1.82) is 0 Å². The van der Waals surface area contributed by atoms with Gasteiger partial charge in [0.1, 0.15) is 5.52 Å². The van der Waals surface area contributed by atoms with Crippen LogP contribution in [0.15, 0.2) is 30.6 Å². The van der Waals surface area contributed by atoms with Gasteiger partial charge in [0.05, 0.1) is 17.5 Å². The third-order valence-electron chi connectivity index (χ3n) is 6.01. The van der Waals surface area contributed by atoms with Crippen LogP contribution in [-0.4, -0.2) is 59.3 Å². The van der Waals surface area contributed by atoms with E-state index >= 15 is 0 Å². The van der Waals surface area contributed by atoms with Crippen molar-refractivity contribution in [2.45, 2.75) is 19.3 Å². The molecule has 0 saturated carbocycles. The first-order valence-corrected chi connectivity index (χ1v) is 10.9. The van der Waals surface area contributed by atoms with Gasteiger partial charge >= 0.3 is 6.03 Å². The molecule has 2 aliphatic rings. The highest BCUT2D eigenvalue weighted by Crippen LogP contribution is 2.41. The van der Waals surface area contributed by atoms with E-state index in [2.05, 4.69) is 20.3 Å². The number of hydrogen-bond acceptors (Lipinski definition) is 7. The van der Waals surface area contributed by atoms with Crippen LogP contribution >= 0.6 is 11.3 Å². The van der Waals surface area contributed by atoms with Crippen LogP contribution in [0.2, 0.25) is 0 Å². The van der Waals surface area contributed by atoms with Crippen LogP contribution in [0.5, 0.6) is 5.88 Å². The predicted octanol–water partition coefficient (Wildman–Crippen LogP) is 3.80. The number of methoxy groups -OCH3 is 1. The van der Waals surface area contributed by atoms with Crippen molar-refractivity contribution < 1.29 is 14.3 Å². The number of rotatable bonds is 3. The molecule has 30 heavy (non-hydrogen) atoms. The summed E-state index contributed by atoms with van der Waals surface area (Å²) < 4.78 is 11.8. The lowest BCUT2D eigenvalue weighted by molar-refractivity contribution is 0.0211. The van der Waals surface area contributed by atoms with E-state index in [-0.39, 0.29) is 11.4 Å². The van der Waals surface area contributed by atoms with Gasteiger partial charge in [-0.25, -0.2) is 14.8 Å². The average molecular weight is 426 g/mol. The number of urea groups is 1. The Bertz CT molecular complexity index is 1070. The highest BCUT2D eigenvalue weighted by Gasteiger charge is 2.41. The van der Waals surface area contributed by atoms with Crippen molar-refractivity contribution in [3.05, 3.63) is 30.6 Å². The van der Waals surface area contributed by atoms with Gasteiger partial charge in [-0.05, 0) is 36.8 Å². The second kappa shape index (κ2) is 7.81. The largest absolute Gasteiger partial charge is 0.479 e. The minimum absolute atomic E-state index is 0.108. The maximum atomic E-state index is 12.9. The summed E-state index contributed by atoms with van der Waals surface area (Å²) in [4.78, 5) is 28.2. The molecule has 3 aromatic rings. The van der Waals surface area contributed by atoms with E-state index in [9.17, 15) is 4.79 Å². The Balaban J connectivity index is 1.40. The zero-order chi connectivity index (χ0) is 20.6.